The highest BCUT2D eigenvalue weighted by Gasteiger charge is 2.39. The van der Waals surface area contributed by atoms with Crippen LogP contribution in [0.25, 0.3) is 11.1 Å². The number of carbonyl (C=O) groups is 3. The number of benzene rings is 2. The molecule has 0 spiro atoms. The largest absolute Gasteiger partial charge is 0.481 e. The van der Waals surface area contributed by atoms with Crippen LogP contribution in [0.5, 0.6) is 0 Å². The van der Waals surface area contributed by atoms with Gasteiger partial charge in [-0.2, -0.15) is 5.26 Å². The van der Waals surface area contributed by atoms with Gasteiger partial charge in [0.05, 0.1) is 12.0 Å². The zero-order chi connectivity index (χ0) is 23.4. The number of carboxylic acid groups (broad SMARTS) is 1. The van der Waals surface area contributed by atoms with E-state index in [1.165, 1.54) is 4.90 Å². The third-order valence-corrected chi connectivity index (χ3v) is 6.26. The van der Waals surface area contributed by atoms with Gasteiger partial charge >= 0.3 is 12.1 Å². The molecule has 2 aromatic carbocycles. The van der Waals surface area contributed by atoms with Crippen molar-refractivity contribution >= 4 is 18.0 Å². The van der Waals surface area contributed by atoms with Gasteiger partial charge < -0.3 is 20.1 Å². The molecule has 33 heavy (non-hydrogen) atoms. The van der Waals surface area contributed by atoms with E-state index in [0.717, 1.165) is 22.3 Å². The average Bonchev–Trinajstić information content (AvgIpc) is 3.09. The molecule has 1 fully saturated rings. The van der Waals surface area contributed by atoms with E-state index in [1.807, 2.05) is 42.5 Å². The molecule has 2 N–H and O–H groups in total. The Labute approximate surface area is 191 Å². The van der Waals surface area contributed by atoms with Crippen LogP contribution in [0.3, 0.4) is 0 Å². The maximum Gasteiger partial charge on any atom is 0.407 e. The van der Waals surface area contributed by atoms with Crippen LogP contribution < -0.4 is 5.32 Å². The van der Waals surface area contributed by atoms with Crippen LogP contribution in [0.1, 0.15) is 36.3 Å². The molecular formula is C25H25N3O5. The van der Waals surface area contributed by atoms with Gasteiger partial charge in [-0.25, -0.2) is 4.79 Å². The summed E-state index contributed by atoms with van der Waals surface area (Å²) in [6, 6.07) is 17.2. The van der Waals surface area contributed by atoms with Gasteiger partial charge in [0.1, 0.15) is 12.6 Å². The number of hydrogen-bond acceptors (Lipinski definition) is 5. The number of rotatable bonds is 8. The fourth-order valence-electron chi connectivity index (χ4n) is 4.46. The van der Waals surface area contributed by atoms with Gasteiger partial charge in [-0.05, 0) is 35.1 Å². The number of aliphatic carboxylic acids is 1. The van der Waals surface area contributed by atoms with Crippen LogP contribution in [-0.2, 0) is 14.3 Å². The number of alkyl carbamates (subject to hydrolysis) is 1. The quantitative estimate of drug-likeness (QED) is 0.600. The van der Waals surface area contributed by atoms with E-state index in [9.17, 15) is 14.4 Å². The molecule has 1 saturated heterocycles. The number of fused-ring (bicyclic) bond motifs is 3. The van der Waals surface area contributed by atoms with E-state index in [0.29, 0.717) is 6.42 Å². The van der Waals surface area contributed by atoms with Crippen LogP contribution in [0.2, 0.25) is 0 Å². The Balaban J connectivity index is 1.39. The molecule has 1 aliphatic carbocycles. The number of carbonyl (C=O) groups excluding carboxylic acids is 2. The summed E-state index contributed by atoms with van der Waals surface area (Å²) in [7, 11) is 0. The van der Waals surface area contributed by atoms with Crippen molar-refractivity contribution in [3.63, 3.8) is 0 Å². The van der Waals surface area contributed by atoms with Crippen LogP contribution in [0.15, 0.2) is 48.5 Å². The van der Waals surface area contributed by atoms with Crippen LogP contribution in [-0.4, -0.2) is 53.7 Å². The third kappa shape index (κ3) is 4.67. The summed E-state index contributed by atoms with van der Waals surface area (Å²) >= 11 is 0. The Morgan fingerprint density at radius 3 is 2.27 bits per heavy atom. The highest BCUT2D eigenvalue weighted by atomic mass is 16.5. The molecule has 170 valence electrons. The van der Waals surface area contributed by atoms with E-state index in [2.05, 4.69) is 17.4 Å². The van der Waals surface area contributed by atoms with Gasteiger partial charge in [-0.3, -0.25) is 9.59 Å². The number of unbranched alkanes of at least 4 members (excludes halogenated alkanes) is 1. The van der Waals surface area contributed by atoms with Crippen molar-refractivity contribution in [3.05, 3.63) is 59.7 Å². The van der Waals surface area contributed by atoms with Gasteiger partial charge in [0.2, 0.25) is 5.91 Å². The standard InChI is InChI=1S/C25H25N3O5/c26-12-6-5-11-22(23(29)28-13-16(14-28)24(30)31)27-25(32)33-15-21-19-9-3-1-7-17(19)18-8-2-4-10-20(18)21/h1-4,7-10,16,21-22H,5-6,11,13-15H2,(H,27,32)(H,30,31). The molecule has 0 saturated carbocycles. The molecule has 8 heteroatoms. The second-order valence-electron chi connectivity index (χ2n) is 8.35. The van der Waals surface area contributed by atoms with Crippen LogP contribution >= 0.6 is 0 Å². The molecular weight excluding hydrogens is 422 g/mol. The molecule has 1 aliphatic heterocycles. The topological polar surface area (TPSA) is 120 Å². The smallest absolute Gasteiger partial charge is 0.407 e. The number of likely N-dealkylation sites (tertiary alicyclic amines) is 1. The highest BCUT2D eigenvalue weighted by Crippen LogP contribution is 2.44. The molecule has 1 atom stereocenters. The van der Waals surface area contributed by atoms with Gasteiger partial charge in [0, 0.05) is 25.4 Å². The van der Waals surface area contributed by atoms with Crippen molar-refractivity contribution in [1.82, 2.24) is 10.2 Å². The molecule has 2 aromatic rings. The minimum absolute atomic E-state index is 0.0948. The second kappa shape index (κ2) is 9.74. The predicted molar refractivity (Wildman–Crippen MR) is 119 cm³/mol. The number of nitrogens with one attached hydrogen (secondary N) is 1. The van der Waals surface area contributed by atoms with Crippen molar-refractivity contribution < 1.29 is 24.2 Å². The Morgan fingerprint density at radius 2 is 1.70 bits per heavy atom. The Hall–Kier alpha value is -3.86. The van der Waals surface area contributed by atoms with Gasteiger partial charge in [-0.1, -0.05) is 48.5 Å². The van der Waals surface area contributed by atoms with Crippen molar-refractivity contribution in [2.75, 3.05) is 19.7 Å². The second-order valence-corrected chi connectivity index (χ2v) is 8.35. The molecule has 1 heterocycles. The minimum Gasteiger partial charge on any atom is -0.481 e. The molecule has 1 unspecified atom stereocenters. The third-order valence-electron chi connectivity index (χ3n) is 6.26. The first-order valence-electron chi connectivity index (χ1n) is 11.0. The van der Waals surface area contributed by atoms with Gasteiger partial charge in [0.25, 0.3) is 0 Å². The van der Waals surface area contributed by atoms with Crippen molar-refractivity contribution in [3.8, 4) is 17.2 Å². The van der Waals surface area contributed by atoms with E-state index >= 15 is 0 Å². The average molecular weight is 447 g/mol. The van der Waals surface area contributed by atoms with Crippen molar-refractivity contribution in [2.45, 2.75) is 31.2 Å². The molecule has 2 aliphatic rings. The Kier molecular flexibility index (Phi) is 6.59. The number of ether oxygens (including phenoxy) is 1. The fourth-order valence-corrected chi connectivity index (χ4v) is 4.46. The maximum absolute atomic E-state index is 12.8. The van der Waals surface area contributed by atoms with Crippen molar-refractivity contribution in [2.24, 2.45) is 5.92 Å². The van der Waals surface area contributed by atoms with Crippen LogP contribution in [0.4, 0.5) is 4.79 Å². The lowest BCUT2D eigenvalue weighted by atomic mass is 9.98. The lowest BCUT2D eigenvalue weighted by Gasteiger charge is -2.38. The van der Waals surface area contributed by atoms with Crippen molar-refractivity contribution in [1.29, 1.82) is 5.26 Å². The summed E-state index contributed by atoms with van der Waals surface area (Å²) < 4.78 is 5.54. The molecule has 0 aromatic heterocycles. The van der Waals surface area contributed by atoms with E-state index in [-0.39, 0.29) is 44.4 Å². The summed E-state index contributed by atoms with van der Waals surface area (Å²) in [6.45, 7) is 0.369. The zero-order valence-electron chi connectivity index (χ0n) is 18.1. The summed E-state index contributed by atoms with van der Waals surface area (Å²) in [5.41, 5.74) is 4.43. The molecule has 0 bridgehead atoms. The first kappa shape index (κ1) is 22.3. The summed E-state index contributed by atoms with van der Waals surface area (Å²) in [5.74, 6) is -1.96. The number of nitriles is 1. The number of carboxylic acids is 1. The van der Waals surface area contributed by atoms with Gasteiger partial charge in [0.15, 0.2) is 0 Å². The number of amides is 2. The van der Waals surface area contributed by atoms with Crippen LogP contribution in [0, 0.1) is 17.2 Å². The number of nitrogens with zero attached hydrogens (tertiary/aromatic N) is 2. The molecule has 2 amide bonds. The zero-order valence-corrected chi connectivity index (χ0v) is 18.1. The van der Waals surface area contributed by atoms with E-state index < -0.39 is 24.0 Å². The van der Waals surface area contributed by atoms with E-state index in [4.69, 9.17) is 15.1 Å². The Bertz CT molecular complexity index is 1060. The SMILES string of the molecule is N#CCCCC(NC(=O)OCC1c2ccccc2-c2ccccc21)C(=O)N1CC(C(=O)O)C1. The summed E-state index contributed by atoms with van der Waals surface area (Å²) in [4.78, 5) is 37.8. The normalized spacial score (nSPS) is 15.5. The predicted octanol–water partition coefficient (Wildman–Crippen LogP) is 3.13. The lowest BCUT2D eigenvalue weighted by molar-refractivity contribution is -0.153. The monoisotopic (exact) mass is 447 g/mol. The first-order chi connectivity index (χ1) is 16.0. The van der Waals surface area contributed by atoms with Gasteiger partial charge in [-0.15, -0.1) is 0 Å². The molecule has 0 radical (unpaired) electrons. The fraction of sp³-hybridized carbons (Fsp3) is 0.360. The van der Waals surface area contributed by atoms with E-state index in [1.54, 1.807) is 0 Å². The summed E-state index contributed by atoms with van der Waals surface area (Å²) in [5, 5.41) is 20.5. The first-order valence-corrected chi connectivity index (χ1v) is 11.0. The molecule has 8 nitrogen and oxygen atoms in total. The maximum atomic E-state index is 12.8. The minimum atomic E-state index is -0.940. The lowest BCUT2D eigenvalue weighted by Crippen LogP contribution is -2.58. The summed E-state index contributed by atoms with van der Waals surface area (Å²) in [6.07, 6.45) is 0.272. The Morgan fingerprint density at radius 1 is 1.09 bits per heavy atom. The molecule has 4 rings (SSSR count). The number of hydrogen-bond donors (Lipinski definition) is 2. The highest BCUT2D eigenvalue weighted by molar-refractivity contribution is 5.88.